The van der Waals surface area contributed by atoms with E-state index in [0.29, 0.717) is 16.9 Å². The van der Waals surface area contributed by atoms with Crippen molar-refractivity contribution < 1.29 is 14.0 Å². The molecule has 1 aliphatic rings. The monoisotopic (exact) mass is 398 g/mol. The summed E-state index contributed by atoms with van der Waals surface area (Å²) in [7, 11) is 0. The molecule has 0 spiro atoms. The zero-order valence-electron chi connectivity index (χ0n) is 16.8. The molecule has 7 heteroatoms. The quantitative estimate of drug-likeness (QED) is 0.666. The number of carbonyl (C=O) groups excluding carboxylic acids is 2. The molecule has 0 aliphatic carbocycles. The maximum Gasteiger partial charge on any atom is 0.323 e. The molecular weight excluding hydrogens is 371 g/mol. The van der Waals surface area contributed by atoms with Crippen molar-refractivity contribution in [1.29, 1.82) is 0 Å². The lowest BCUT2D eigenvalue weighted by atomic mass is 10.1. The number of anilines is 3. The van der Waals surface area contributed by atoms with Crippen LogP contribution in [0.2, 0.25) is 0 Å². The predicted molar refractivity (Wildman–Crippen MR) is 114 cm³/mol. The van der Waals surface area contributed by atoms with E-state index < -0.39 is 11.8 Å². The summed E-state index contributed by atoms with van der Waals surface area (Å²) in [5.41, 5.74) is 2.26. The van der Waals surface area contributed by atoms with Crippen LogP contribution in [0.1, 0.15) is 43.5 Å². The van der Waals surface area contributed by atoms with Gasteiger partial charge in [0.15, 0.2) is 0 Å². The van der Waals surface area contributed by atoms with Gasteiger partial charge in [-0.2, -0.15) is 0 Å². The number of hydrogen-bond donors (Lipinski definition) is 3. The summed E-state index contributed by atoms with van der Waals surface area (Å²) < 4.78 is 13.3. The third kappa shape index (κ3) is 5.47. The Kier molecular flexibility index (Phi) is 6.69. The van der Waals surface area contributed by atoms with Gasteiger partial charge in [-0.3, -0.25) is 4.79 Å². The highest BCUT2D eigenvalue weighted by molar-refractivity contribution is 6.04. The fourth-order valence-corrected chi connectivity index (χ4v) is 3.29. The van der Waals surface area contributed by atoms with Gasteiger partial charge in [-0.05, 0) is 62.6 Å². The van der Waals surface area contributed by atoms with Gasteiger partial charge in [0.05, 0.1) is 5.56 Å². The topological polar surface area (TPSA) is 73.5 Å². The number of carbonyl (C=O) groups is 2. The molecule has 29 heavy (non-hydrogen) atoms. The number of rotatable bonds is 6. The summed E-state index contributed by atoms with van der Waals surface area (Å²) in [6.45, 7) is 5.80. The smallest absolute Gasteiger partial charge is 0.323 e. The molecule has 1 aliphatic heterocycles. The number of urea groups is 1. The lowest BCUT2D eigenvalue weighted by Gasteiger charge is -2.23. The van der Waals surface area contributed by atoms with Crippen molar-refractivity contribution in [3.63, 3.8) is 0 Å². The van der Waals surface area contributed by atoms with Crippen molar-refractivity contribution in [1.82, 2.24) is 5.32 Å². The molecule has 0 radical (unpaired) electrons. The van der Waals surface area contributed by atoms with Gasteiger partial charge in [0, 0.05) is 36.2 Å². The van der Waals surface area contributed by atoms with E-state index in [1.54, 1.807) is 18.2 Å². The number of benzene rings is 2. The molecule has 0 saturated carbocycles. The van der Waals surface area contributed by atoms with Crippen LogP contribution in [-0.4, -0.2) is 31.1 Å². The van der Waals surface area contributed by atoms with Crippen LogP contribution in [0.3, 0.4) is 0 Å². The lowest BCUT2D eigenvalue weighted by molar-refractivity contribution is 0.0939. The Morgan fingerprint density at radius 3 is 2.41 bits per heavy atom. The second-order valence-corrected chi connectivity index (χ2v) is 7.30. The van der Waals surface area contributed by atoms with E-state index in [1.807, 2.05) is 19.9 Å². The van der Waals surface area contributed by atoms with Crippen LogP contribution in [0, 0.1) is 5.82 Å². The number of hydrogen-bond acceptors (Lipinski definition) is 3. The van der Waals surface area contributed by atoms with Crippen molar-refractivity contribution in [3.05, 3.63) is 53.8 Å². The molecule has 1 unspecified atom stereocenters. The summed E-state index contributed by atoms with van der Waals surface area (Å²) >= 11 is 0. The number of nitrogens with zero attached hydrogens (tertiary/aromatic N) is 1. The Hall–Kier alpha value is -3.09. The second-order valence-electron chi connectivity index (χ2n) is 7.30. The first-order valence-electron chi connectivity index (χ1n) is 9.99. The molecule has 1 saturated heterocycles. The minimum atomic E-state index is -0.502. The Morgan fingerprint density at radius 2 is 1.76 bits per heavy atom. The fourth-order valence-electron chi connectivity index (χ4n) is 3.29. The third-order valence-corrected chi connectivity index (χ3v) is 5.02. The summed E-state index contributed by atoms with van der Waals surface area (Å²) in [6.07, 6.45) is 3.03. The van der Waals surface area contributed by atoms with Crippen molar-refractivity contribution in [2.45, 2.75) is 39.2 Å². The van der Waals surface area contributed by atoms with Gasteiger partial charge in [0.2, 0.25) is 0 Å². The van der Waals surface area contributed by atoms with E-state index in [0.717, 1.165) is 38.0 Å². The first kappa shape index (κ1) is 20.6. The van der Waals surface area contributed by atoms with E-state index >= 15 is 0 Å². The lowest BCUT2D eigenvalue weighted by Crippen LogP contribution is -2.33. The average molecular weight is 398 g/mol. The Labute approximate surface area is 170 Å². The Bertz CT molecular complexity index is 881. The van der Waals surface area contributed by atoms with E-state index in [4.69, 9.17) is 0 Å². The van der Waals surface area contributed by atoms with Gasteiger partial charge in [-0.15, -0.1) is 0 Å². The van der Waals surface area contributed by atoms with Crippen LogP contribution < -0.4 is 20.9 Å². The molecule has 3 N–H and O–H groups in total. The standard InChI is InChI=1S/C22H27FN4O2/c1-3-15(2)24-21(28)19-14-18(9-10-20(19)27-11-4-5-12-27)26-22(29)25-17-8-6-7-16(23)13-17/h6-10,13-15H,3-5,11-12H2,1-2H3,(H,24,28)(H2,25,26,29). The van der Waals surface area contributed by atoms with Gasteiger partial charge in [0.1, 0.15) is 5.82 Å². The molecule has 6 nitrogen and oxygen atoms in total. The van der Waals surface area contributed by atoms with Crippen LogP contribution in [0.4, 0.5) is 26.2 Å². The first-order chi connectivity index (χ1) is 14.0. The van der Waals surface area contributed by atoms with Gasteiger partial charge in [-0.1, -0.05) is 13.0 Å². The van der Waals surface area contributed by atoms with Crippen molar-refractivity contribution in [2.24, 2.45) is 0 Å². The minimum absolute atomic E-state index is 0.0572. The molecule has 2 aromatic carbocycles. The zero-order chi connectivity index (χ0) is 20.8. The summed E-state index contributed by atoms with van der Waals surface area (Å²) in [5, 5.41) is 8.31. The Morgan fingerprint density at radius 1 is 1.07 bits per heavy atom. The molecule has 1 fully saturated rings. The van der Waals surface area contributed by atoms with E-state index in [2.05, 4.69) is 20.9 Å². The average Bonchev–Trinajstić information content (AvgIpc) is 3.22. The largest absolute Gasteiger partial charge is 0.371 e. The Balaban J connectivity index is 1.79. The molecule has 3 rings (SSSR count). The van der Waals surface area contributed by atoms with E-state index in [9.17, 15) is 14.0 Å². The zero-order valence-corrected chi connectivity index (χ0v) is 16.8. The summed E-state index contributed by atoms with van der Waals surface area (Å²) in [4.78, 5) is 27.3. The molecule has 3 amide bonds. The maximum absolute atomic E-state index is 13.3. The van der Waals surface area contributed by atoms with Crippen LogP contribution in [0.15, 0.2) is 42.5 Å². The number of halogens is 1. The normalized spacial score (nSPS) is 14.4. The second kappa shape index (κ2) is 9.41. The number of nitrogens with one attached hydrogen (secondary N) is 3. The molecule has 154 valence electrons. The van der Waals surface area contributed by atoms with Crippen LogP contribution in [0.25, 0.3) is 0 Å². The minimum Gasteiger partial charge on any atom is -0.371 e. The molecular formula is C22H27FN4O2. The predicted octanol–water partition coefficient (Wildman–Crippen LogP) is 4.60. The van der Waals surface area contributed by atoms with Gasteiger partial charge < -0.3 is 20.9 Å². The molecule has 1 atom stereocenters. The van der Waals surface area contributed by atoms with E-state index in [1.165, 1.54) is 18.2 Å². The van der Waals surface area contributed by atoms with Gasteiger partial charge in [-0.25, -0.2) is 9.18 Å². The van der Waals surface area contributed by atoms with Gasteiger partial charge in [0.25, 0.3) is 5.91 Å². The van der Waals surface area contributed by atoms with Crippen LogP contribution in [-0.2, 0) is 0 Å². The third-order valence-electron chi connectivity index (χ3n) is 5.02. The van der Waals surface area contributed by atoms with E-state index in [-0.39, 0.29) is 11.9 Å². The number of amides is 3. The first-order valence-corrected chi connectivity index (χ1v) is 9.99. The highest BCUT2D eigenvalue weighted by atomic mass is 19.1. The van der Waals surface area contributed by atoms with Crippen molar-refractivity contribution >= 4 is 29.0 Å². The molecule has 2 aromatic rings. The van der Waals surface area contributed by atoms with Gasteiger partial charge >= 0.3 is 6.03 Å². The molecule has 0 bridgehead atoms. The molecule has 1 heterocycles. The highest BCUT2D eigenvalue weighted by Crippen LogP contribution is 2.28. The fraction of sp³-hybridized carbons (Fsp3) is 0.364. The van der Waals surface area contributed by atoms with Crippen molar-refractivity contribution in [2.75, 3.05) is 28.6 Å². The maximum atomic E-state index is 13.3. The molecule has 0 aromatic heterocycles. The van der Waals surface area contributed by atoms with Crippen LogP contribution in [0.5, 0.6) is 0 Å². The highest BCUT2D eigenvalue weighted by Gasteiger charge is 2.21. The summed E-state index contributed by atoms with van der Waals surface area (Å²) in [5.74, 6) is -0.586. The van der Waals surface area contributed by atoms with Crippen LogP contribution >= 0.6 is 0 Å². The van der Waals surface area contributed by atoms with Crippen molar-refractivity contribution in [3.8, 4) is 0 Å². The SMILES string of the molecule is CCC(C)NC(=O)c1cc(NC(=O)Nc2cccc(F)c2)ccc1N1CCCC1. The summed E-state index contributed by atoms with van der Waals surface area (Å²) in [6, 6.07) is 10.6.